The Morgan fingerprint density at radius 1 is 1.27 bits per heavy atom. The van der Waals surface area contributed by atoms with Crippen molar-refractivity contribution in [2.75, 3.05) is 13.2 Å². The normalized spacial score (nSPS) is 17.0. The van der Waals surface area contributed by atoms with Crippen LogP contribution >= 0.6 is 0 Å². The summed E-state index contributed by atoms with van der Waals surface area (Å²) >= 11 is 0. The van der Waals surface area contributed by atoms with Gasteiger partial charge in [0.05, 0.1) is 0 Å². The van der Waals surface area contributed by atoms with Crippen LogP contribution in [0.4, 0.5) is 0 Å². The van der Waals surface area contributed by atoms with Crippen LogP contribution in [0, 0.1) is 0 Å². The fraction of sp³-hybridized carbons (Fsp3) is 0.250. The van der Waals surface area contributed by atoms with Gasteiger partial charge in [-0.2, -0.15) is 0 Å². The minimum absolute atomic E-state index is 0.121. The summed E-state index contributed by atoms with van der Waals surface area (Å²) in [7, 11) is 0. The van der Waals surface area contributed by atoms with Crippen LogP contribution in [-0.2, 0) is 11.3 Å². The van der Waals surface area contributed by atoms with Crippen LogP contribution in [0.5, 0.6) is 5.75 Å². The lowest BCUT2D eigenvalue weighted by Crippen LogP contribution is -2.37. The number of carbonyl (C=O) groups is 1. The van der Waals surface area contributed by atoms with Gasteiger partial charge < -0.3 is 15.0 Å². The largest absolute Gasteiger partial charge is 0.492 e. The van der Waals surface area contributed by atoms with Crippen LogP contribution in [0.3, 0.4) is 0 Å². The van der Waals surface area contributed by atoms with E-state index in [0.717, 1.165) is 16.9 Å². The number of ether oxygens (including phenoxy) is 1. The quantitative estimate of drug-likeness (QED) is 0.779. The summed E-state index contributed by atoms with van der Waals surface area (Å²) in [5, 5.41) is 6.07. The van der Waals surface area contributed by atoms with E-state index in [0.29, 0.717) is 19.7 Å². The van der Waals surface area contributed by atoms with Crippen molar-refractivity contribution in [3.05, 3.63) is 64.1 Å². The molecule has 1 atom stereocenters. The van der Waals surface area contributed by atoms with Crippen molar-refractivity contribution in [2.24, 2.45) is 0 Å². The maximum atomic E-state index is 12.5. The van der Waals surface area contributed by atoms with E-state index < -0.39 is 6.04 Å². The van der Waals surface area contributed by atoms with Crippen LogP contribution < -0.4 is 20.9 Å². The van der Waals surface area contributed by atoms with Crippen molar-refractivity contribution in [1.82, 2.24) is 15.6 Å². The summed E-state index contributed by atoms with van der Waals surface area (Å²) in [6.45, 7) is 1.49. The molecular weight excluding hydrogens is 282 g/mol. The first-order valence-corrected chi connectivity index (χ1v) is 7.14. The van der Waals surface area contributed by atoms with Crippen LogP contribution in [0.25, 0.3) is 0 Å². The van der Waals surface area contributed by atoms with Gasteiger partial charge in [0.15, 0.2) is 0 Å². The molecule has 3 N–H and O–H groups in total. The fourth-order valence-electron chi connectivity index (χ4n) is 2.40. The minimum atomic E-state index is -0.443. The first-order chi connectivity index (χ1) is 10.7. The third kappa shape index (κ3) is 3.17. The monoisotopic (exact) mass is 299 g/mol. The van der Waals surface area contributed by atoms with Crippen LogP contribution in [0.1, 0.15) is 17.2 Å². The van der Waals surface area contributed by atoms with Crippen molar-refractivity contribution in [1.29, 1.82) is 0 Å². The standard InChI is InChI=1S/C16H17N3O3/c20-14-6-5-11(9-18-14)10-19-16(21)15-12-3-1-2-4-13(12)22-8-7-17-15/h1-6,9,15,17H,7-8,10H2,(H,18,20)(H,19,21). The van der Waals surface area contributed by atoms with Crippen LogP contribution in [0.15, 0.2) is 47.4 Å². The zero-order valence-corrected chi connectivity index (χ0v) is 12.0. The van der Waals surface area contributed by atoms with Gasteiger partial charge in [-0.25, -0.2) is 0 Å². The highest BCUT2D eigenvalue weighted by atomic mass is 16.5. The predicted octanol–water partition coefficient (Wildman–Crippen LogP) is 0.714. The number of hydrogen-bond donors (Lipinski definition) is 3. The van der Waals surface area contributed by atoms with Crippen LogP contribution in [0.2, 0.25) is 0 Å². The zero-order chi connectivity index (χ0) is 15.4. The second kappa shape index (κ2) is 6.44. The number of fused-ring (bicyclic) bond motifs is 1. The first kappa shape index (κ1) is 14.3. The van der Waals surface area contributed by atoms with Crippen LogP contribution in [-0.4, -0.2) is 24.0 Å². The number of pyridine rings is 1. The van der Waals surface area contributed by atoms with E-state index in [9.17, 15) is 9.59 Å². The summed E-state index contributed by atoms with van der Waals surface area (Å²) in [6.07, 6.45) is 1.60. The zero-order valence-electron chi connectivity index (χ0n) is 12.0. The molecule has 0 radical (unpaired) electrons. The van der Waals surface area contributed by atoms with Crippen molar-refractivity contribution in [3.63, 3.8) is 0 Å². The van der Waals surface area contributed by atoms with Crippen molar-refractivity contribution in [3.8, 4) is 5.75 Å². The van der Waals surface area contributed by atoms with Gasteiger partial charge in [0, 0.05) is 30.9 Å². The molecule has 1 amide bonds. The maximum Gasteiger partial charge on any atom is 0.247 e. The molecule has 0 spiro atoms. The lowest BCUT2D eigenvalue weighted by atomic mass is 10.1. The molecule has 1 aliphatic rings. The minimum Gasteiger partial charge on any atom is -0.492 e. The molecule has 1 aromatic carbocycles. The Kier molecular flexibility index (Phi) is 4.20. The molecule has 0 saturated heterocycles. The molecule has 0 fully saturated rings. The number of para-hydroxylation sites is 1. The number of hydrogen-bond acceptors (Lipinski definition) is 4. The van der Waals surface area contributed by atoms with E-state index in [4.69, 9.17) is 4.74 Å². The molecule has 22 heavy (non-hydrogen) atoms. The molecule has 0 saturated carbocycles. The van der Waals surface area contributed by atoms with Gasteiger partial charge in [-0.05, 0) is 11.6 Å². The fourth-order valence-corrected chi connectivity index (χ4v) is 2.40. The number of H-pyrrole nitrogens is 1. The third-order valence-corrected chi connectivity index (χ3v) is 3.52. The van der Waals surface area contributed by atoms with E-state index in [1.54, 1.807) is 12.3 Å². The molecule has 2 aromatic rings. The number of benzene rings is 1. The van der Waals surface area contributed by atoms with E-state index in [2.05, 4.69) is 15.6 Å². The number of rotatable bonds is 3. The molecule has 114 valence electrons. The van der Waals surface area contributed by atoms with Crippen molar-refractivity contribution >= 4 is 5.91 Å². The highest BCUT2D eigenvalue weighted by Crippen LogP contribution is 2.26. The van der Waals surface area contributed by atoms with E-state index in [1.165, 1.54) is 6.07 Å². The third-order valence-electron chi connectivity index (χ3n) is 3.52. The topological polar surface area (TPSA) is 83.2 Å². The van der Waals surface area contributed by atoms with E-state index in [1.807, 2.05) is 24.3 Å². The predicted molar refractivity (Wildman–Crippen MR) is 81.6 cm³/mol. The number of amides is 1. The molecule has 2 heterocycles. The molecular formula is C16H17N3O3. The summed E-state index contributed by atoms with van der Waals surface area (Å²) in [5.74, 6) is 0.612. The maximum absolute atomic E-state index is 12.5. The molecule has 6 heteroatoms. The van der Waals surface area contributed by atoms with Gasteiger partial charge in [-0.3, -0.25) is 14.9 Å². The van der Waals surface area contributed by atoms with Gasteiger partial charge in [-0.1, -0.05) is 24.3 Å². The lowest BCUT2D eigenvalue weighted by molar-refractivity contribution is -0.123. The Bertz CT molecular complexity index is 706. The second-order valence-electron chi connectivity index (χ2n) is 5.05. The molecule has 0 aliphatic carbocycles. The van der Waals surface area contributed by atoms with Crippen molar-refractivity contribution in [2.45, 2.75) is 12.6 Å². The average Bonchev–Trinajstić information content (AvgIpc) is 2.76. The Labute approximate surface area is 127 Å². The number of nitrogens with one attached hydrogen (secondary N) is 3. The van der Waals surface area contributed by atoms with Gasteiger partial charge >= 0.3 is 0 Å². The summed E-state index contributed by atoms with van der Waals surface area (Å²) in [4.78, 5) is 26.1. The molecule has 0 bridgehead atoms. The first-order valence-electron chi connectivity index (χ1n) is 7.14. The molecule has 1 unspecified atom stereocenters. The highest BCUT2D eigenvalue weighted by Gasteiger charge is 2.25. The van der Waals surface area contributed by atoms with Gasteiger partial charge in [0.25, 0.3) is 0 Å². The van der Waals surface area contributed by atoms with Gasteiger partial charge in [-0.15, -0.1) is 0 Å². The Hall–Kier alpha value is -2.60. The Balaban J connectivity index is 1.71. The average molecular weight is 299 g/mol. The lowest BCUT2D eigenvalue weighted by Gasteiger charge is -2.17. The molecule has 1 aromatic heterocycles. The van der Waals surface area contributed by atoms with Gasteiger partial charge in [0.2, 0.25) is 11.5 Å². The Morgan fingerprint density at radius 2 is 2.14 bits per heavy atom. The van der Waals surface area contributed by atoms with Crippen molar-refractivity contribution < 1.29 is 9.53 Å². The molecule has 1 aliphatic heterocycles. The van der Waals surface area contributed by atoms with E-state index >= 15 is 0 Å². The molecule has 6 nitrogen and oxygen atoms in total. The SMILES string of the molecule is O=C(NCc1ccc(=O)[nH]c1)C1NCCOc2ccccc21. The second-order valence-corrected chi connectivity index (χ2v) is 5.05. The smallest absolute Gasteiger partial charge is 0.247 e. The number of aromatic nitrogens is 1. The summed E-state index contributed by atoms with van der Waals surface area (Å²) in [5.41, 5.74) is 1.51. The van der Waals surface area contributed by atoms with Gasteiger partial charge in [0.1, 0.15) is 18.4 Å². The van der Waals surface area contributed by atoms with E-state index in [-0.39, 0.29) is 11.5 Å². The highest BCUT2D eigenvalue weighted by molar-refractivity contribution is 5.84. The number of carbonyl (C=O) groups excluding carboxylic acids is 1. The Morgan fingerprint density at radius 3 is 2.95 bits per heavy atom. The summed E-state index contributed by atoms with van der Waals surface area (Å²) in [6, 6.07) is 10.2. The summed E-state index contributed by atoms with van der Waals surface area (Å²) < 4.78 is 5.62. The number of aromatic amines is 1. The molecule has 3 rings (SSSR count).